The Morgan fingerprint density at radius 2 is 1.89 bits per heavy atom. The second-order valence-electron chi connectivity index (χ2n) is 6.25. The van der Waals surface area contributed by atoms with Crippen LogP contribution in [0.25, 0.3) is 0 Å². The van der Waals surface area contributed by atoms with Gasteiger partial charge in [-0.2, -0.15) is 0 Å². The van der Waals surface area contributed by atoms with Gasteiger partial charge in [0.15, 0.2) is 0 Å². The van der Waals surface area contributed by atoms with Crippen molar-refractivity contribution in [3.05, 3.63) is 0 Å². The minimum Gasteiger partial charge on any atom is -0.343 e. The van der Waals surface area contributed by atoms with Crippen molar-refractivity contribution >= 4 is 5.91 Å². The summed E-state index contributed by atoms with van der Waals surface area (Å²) in [6.07, 6.45) is 6.75. The van der Waals surface area contributed by atoms with Crippen LogP contribution in [0.15, 0.2) is 0 Å². The minimum absolute atomic E-state index is 0.249. The van der Waals surface area contributed by atoms with Gasteiger partial charge in [-0.05, 0) is 51.1 Å². The molecule has 0 saturated carbocycles. The molecule has 2 aliphatic rings. The van der Waals surface area contributed by atoms with Crippen LogP contribution in [0.3, 0.4) is 0 Å². The summed E-state index contributed by atoms with van der Waals surface area (Å²) in [5.41, 5.74) is 5.92. The molecule has 2 N–H and O–H groups in total. The number of amides is 1. The highest BCUT2D eigenvalue weighted by atomic mass is 16.2. The Balaban J connectivity index is 1.85. The fraction of sp³-hybridized carbons (Fsp3) is 0.933. The molecular weight excluding hydrogens is 238 g/mol. The maximum absolute atomic E-state index is 12.3. The highest BCUT2D eigenvalue weighted by Gasteiger charge is 2.26. The number of carbonyl (C=O) groups is 1. The van der Waals surface area contributed by atoms with E-state index in [1.165, 1.54) is 32.1 Å². The average Bonchev–Trinajstić information content (AvgIpc) is 2.86. The van der Waals surface area contributed by atoms with E-state index in [1.54, 1.807) is 0 Å². The van der Waals surface area contributed by atoms with Gasteiger partial charge in [0.25, 0.3) is 0 Å². The third-order valence-corrected chi connectivity index (χ3v) is 4.71. The molecule has 0 spiro atoms. The third kappa shape index (κ3) is 4.18. The van der Waals surface area contributed by atoms with Gasteiger partial charge in [-0.3, -0.25) is 9.69 Å². The second kappa shape index (κ2) is 7.25. The monoisotopic (exact) mass is 267 g/mol. The Morgan fingerprint density at radius 3 is 2.58 bits per heavy atom. The molecule has 0 aromatic carbocycles. The quantitative estimate of drug-likeness (QED) is 0.838. The number of hydrogen-bond donors (Lipinski definition) is 1. The molecular formula is C15H29N3O. The molecule has 0 aromatic heterocycles. The molecule has 2 unspecified atom stereocenters. The Bertz CT molecular complexity index is 289. The molecule has 2 heterocycles. The molecule has 0 aromatic rings. The first kappa shape index (κ1) is 14.8. The van der Waals surface area contributed by atoms with E-state index in [2.05, 4.69) is 11.8 Å². The van der Waals surface area contributed by atoms with Crippen LogP contribution in [0.2, 0.25) is 0 Å². The summed E-state index contributed by atoms with van der Waals surface area (Å²) in [7, 11) is 0. The van der Waals surface area contributed by atoms with Crippen LogP contribution in [0.5, 0.6) is 0 Å². The minimum atomic E-state index is 0.249. The Labute approximate surface area is 117 Å². The molecule has 2 atom stereocenters. The Morgan fingerprint density at radius 1 is 1.16 bits per heavy atom. The summed E-state index contributed by atoms with van der Waals surface area (Å²) >= 11 is 0. The summed E-state index contributed by atoms with van der Waals surface area (Å²) in [4.78, 5) is 16.7. The topological polar surface area (TPSA) is 49.6 Å². The number of likely N-dealkylation sites (tertiary alicyclic amines) is 2. The van der Waals surface area contributed by atoms with E-state index in [0.29, 0.717) is 18.9 Å². The van der Waals surface area contributed by atoms with E-state index in [1.807, 2.05) is 4.90 Å². The standard InChI is InChI=1S/C15H29N3O/c1-13-5-4-9-17(10-6-13)14(12-16)11-15(19)18-7-2-3-8-18/h13-14H,2-12,16H2,1H3. The maximum atomic E-state index is 12.3. The van der Waals surface area contributed by atoms with Crippen LogP contribution in [0.4, 0.5) is 0 Å². The van der Waals surface area contributed by atoms with Gasteiger partial charge in [0, 0.05) is 32.1 Å². The number of nitrogens with zero attached hydrogens (tertiary/aromatic N) is 2. The predicted molar refractivity (Wildman–Crippen MR) is 77.9 cm³/mol. The maximum Gasteiger partial charge on any atom is 0.224 e. The van der Waals surface area contributed by atoms with Crippen molar-refractivity contribution in [1.29, 1.82) is 0 Å². The zero-order valence-electron chi connectivity index (χ0n) is 12.3. The van der Waals surface area contributed by atoms with Gasteiger partial charge in [-0.1, -0.05) is 6.92 Å². The van der Waals surface area contributed by atoms with Gasteiger partial charge < -0.3 is 10.6 Å². The van der Waals surface area contributed by atoms with Crippen LogP contribution >= 0.6 is 0 Å². The lowest BCUT2D eigenvalue weighted by molar-refractivity contribution is -0.131. The van der Waals surface area contributed by atoms with Crippen molar-refractivity contribution in [3.8, 4) is 0 Å². The highest BCUT2D eigenvalue weighted by Crippen LogP contribution is 2.20. The smallest absolute Gasteiger partial charge is 0.224 e. The molecule has 19 heavy (non-hydrogen) atoms. The number of hydrogen-bond acceptors (Lipinski definition) is 3. The van der Waals surface area contributed by atoms with Crippen molar-refractivity contribution in [2.45, 2.75) is 51.5 Å². The lowest BCUT2D eigenvalue weighted by Crippen LogP contribution is -2.44. The van der Waals surface area contributed by atoms with E-state index >= 15 is 0 Å². The van der Waals surface area contributed by atoms with Crippen molar-refractivity contribution in [2.24, 2.45) is 11.7 Å². The van der Waals surface area contributed by atoms with Crippen LogP contribution in [0, 0.1) is 5.92 Å². The van der Waals surface area contributed by atoms with E-state index in [0.717, 1.165) is 32.1 Å². The van der Waals surface area contributed by atoms with E-state index in [9.17, 15) is 4.79 Å². The molecule has 0 radical (unpaired) electrons. The van der Waals surface area contributed by atoms with E-state index in [4.69, 9.17) is 5.73 Å². The summed E-state index contributed by atoms with van der Waals surface area (Å²) in [5.74, 6) is 1.13. The first-order valence-electron chi connectivity index (χ1n) is 7.92. The van der Waals surface area contributed by atoms with Gasteiger partial charge >= 0.3 is 0 Å². The van der Waals surface area contributed by atoms with Crippen LogP contribution in [-0.4, -0.2) is 54.5 Å². The third-order valence-electron chi connectivity index (χ3n) is 4.71. The highest BCUT2D eigenvalue weighted by molar-refractivity contribution is 5.77. The van der Waals surface area contributed by atoms with Gasteiger partial charge in [0.1, 0.15) is 0 Å². The van der Waals surface area contributed by atoms with Crippen molar-refractivity contribution in [2.75, 3.05) is 32.7 Å². The second-order valence-corrected chi connectivity index (χ2v) is 6.25. The van der Waals surface area contributed by atoms with Crippen molar-refractivity contribution < 1.29 is 4.79 Å². The normalized spacial score (nSPS) is 27.3. The molecule has 2 fully saturated rings. The molecule has 4 nitrogen and oxygen atoms in total. The van der Waals surface area contributed by atoms with Crippen molar-refractivity contribution in [3.63, 3.8) is 0 Å². The summed E-state index contributed by atoms with van der Waals surface area (Å²) in [6.45, 7) is 7.06. The summed E-state index contributed by atoms with van der Waals surface area (Å²) in [5, 5.41) is 0. The first-order valence-corrected chi connectivity index (χ1v) is 7.92. The molecule has 4 heteroatoms. The molecule has 2 saturated heterocycles. The number of nitrogens with two attached hydrogens (primary N) is 1. The largest absolute Gasteiger partial charge is 0.343 e. The molecule has 2 rings (SSSR count). The number of rotatable bonds is 4. The fourth-order valence-corrected chi connectivity index (χ4v) is 3.31. The lowest BCUT2D eigenvalue weighted by atomic mass is 10.0. The van der Waals surface area contributed by atoms with Gasteiger partial charge in [-0.25, -0.2) is 0 Å². The zero-order valence-corrected chi connectivity index (χ0v) is 12.3. The molecule has 0 aliphatic carbocycles. The van der Waals surface area contributed by atoms with Gasteiger partial charge in [0.2, 0.25) is 5.91 Å². The van der Waals surface area contributed by atoms with Crippen LogP contribution in [0.1, 0.15) is 45.4 Å². The van der Waals surface area contributed by atoms with Crippen molar-refractivity contribution in [1.82, 2.24) is 9.80 Å². The fourth-order valence-electron chi connectivity index (χ4n) is 3.31. The molecule has 1 amide bonds. The SMILES string of the molecule is CC1CCCN(C(CN)CC(=O)N2CCCC2)CC1. The van der Waals surface area contributed by atoms with Crippen LogP contribution < -0.4 is 5.73 Å². The van der Waals surface area contributed by atoms with E-state index < -0.39 is 0 Å². The van der Waals surface area contributed by atoms with Gasteiger partial charge in [-0.15, -0.1) is 0 Å². The summed E-state index contributed by atoms with van der Waals surface area (Å²) in [6, 6.07) is 0.249. The molecule has 110 valence electrons. The zero-order chi connectivity index (χ0) is 13.7. The predicted octanol–water partition coefficient (Wildman–Crippen LogP) is 1.45. The Hall–Kier alpha value is -0.610. The number of carbonyl (C=O) groups excluding carboxylic acids is 1. The van der Waals surface area contributed by atoms with Gasteiger partial charge in [0.05, 0.1) is 0 Å². The van der Waals surface area contributed by atoms with Crippen LogP contribution in [-0.2, 0) is 4.79 Å². The average molecular weight is 267 g/mol. The first-order chi connectivity index (χ1) is 9.20. The molecule has 0 bridgehead atoms. The molecule has 2 aliphatic heterocycles. The Kier molecular flexibility index (Phi) is 5.64. The summed E-state index contributed by atoms with van der Waals surface area (Å²) < 4.78 is 0. The lowest BCUT2D eigenvalue weighted by Gasteiger charge is -2.30. The van der Waals surface area contributed by atoms with E-state index in [-0.39, 0.29) is 6.04 Å².